The number of carbonyl (C=O) groups excluding carboxylic acids is 1. The van der Waals surface area contributed by atoms with Gasteiger partial charge >= 0.3 is 5.97 Å². The molecular formula is C19H25NO6. The quantitative estimate of drug-likeness (QED) is 0.593. The fraction of sp³-hybridized carbons (Fsp3) is 0.526. The van der Waals surface area contributed by atoms with Crippen LogP contribution in [0, 0.1) is 5.92 Å². The lowest BCUT2D eigenvalue weighted by atomic mass is 9.95. The number of ether oxygens (including phenoxy) is 3. The number of aromatic carboxylic acids is 1. The molecule has 26 heavy (non-hydrogen) atoms. The van der Waals surface area contributed by atoms with Crippen molar-refractivity contribution in [3.8, 4) is 11.5 Å². The smallest absolute Gasteiger partial charge is 0.339 e. The number of rotatable bonds is 6. The normalized spacial score (nSPS) is 18.5. The van der Waals surface area contributed by atoms with Gasteiger partial charge in [0, 0.05) is 24.9 Å². The highest BCUT2D eigenvalue weighted by Gasteiger charge is 2.32. The Morgan fingerprint density at radius 1 is 1.38 bits per heavy atom. The molecule has 0 bridgehead atoms. The molecule has 2 N–H and O–H groups in total. The molecule has 2 unspecified atom stereocenters. The summed E-state index contributed by atoms with van der Waals surface area (Å²) in [7, 11) is 1.41. The van der Waals surface area contributed by atoms with Crippen molar-refractivity contribution in [1.29, 1.82) is 0 Å². The Hall–Kier alpha value is -2.50. The number of allylic oxidation sites excluding steroid dienone is 1. The molecule has 1 aliphatic rings. The van der Waals surface area contributed by atoms with Crippen molar-refractivity contribution in [3.63, 3.8) is 0 Å². The molecule has 2 rings (SSSR count). The van der Waals surface area contributed by atoms with Gasteiger partial charge in [-0.1, -0.05) is 0 Å². The van der Waals surface area contributed by atoms with Crippen molar-refractivity contribution < 1.29 is 28.9 Å². The second-order valence-corrected chi connectivity index (χ2v) is 7.14. The average Bonchev–Trinajstić information content (AvgIpc) is 2.59. The topological polar surface area (TPSA) is 94.1 Å². The monoisotopic (exact) mass is 363 g/mol. The molecule has 0 aromatic heterocycles. The van der Waals surface area contributed by atoms with Crippen molar-refractivity contribution >= 4 is 11.9 Å². The van der Waals surface area contributed by atoms with Gasteiger partial charge < -0.3 is 24.6 Å². The minimum absolute atomic E-state index is 0.0305. The SMILES string of the molecule is COc1cc(OC(OC(C)(C)C)C2CCNC(=C=O)C2)ccc1C(=O)O. The third-order valence-electron chi connectivity index (χ3n) is 3.95. The van der Waals surface area contributed by atoms with Gasteiger partial charge in [-0.3, -0.25) is 0 Å². The minimum Gasteiger partial charge on any atom is -0.496 e. The summed E-state index contributed by atoms with van der Waals surface area (Å²) in [4.78, 5) is 22.2. The third kappa shape index (κ3) is 5.25. The molecule has 0 spiro atoms. The van der Waals surface area contributed by atoms with E-state index in [0.29, 0.717) is 24.4 Å². The molecule has 1 heterocycles. The Kier molecular flexibility index (Phi) is 6.29. The summed E-state index contributed by atoms with van der Waals surface area (Å²) in [5.74, 6) is 1.46. The molecule has 1 aromatic carbocycles. The van der Waals surface area contributed by atoms with Gasteiger partial charge in [0.1, 0.15) is 23.0 Å². The first-order chi connectivity index (χ1) is 12.2. The largest absolute Gasteiger partial charge is 0.496 e. The van der Waals surface area contributed by atoms with E-state index in [2.05, 4.69) is 5.32 Å². The van der Waals surface area contributed by atoms with Gasteiger partial charge in [-0.05, 0) is 39.3 Å². The summed E-state index contributed by atoms with van der Waals surface area (Å²) in [5.41, 5.74) is 0.110. The predicted molar refractivity (Wildman–Crippen MR) is 95.1 cm³/mol. The first-order valence-electron chi connectivity index (χ1n) is 8.47. The molecule has 1 aliphatic heterocycles. The van der Waals surface area contributed by atoms with E-state index in [0.717, 1.165) is 6.42 Å². The highest BCUT2D eigenvalue weighted by atomic mass is 16.7. The van der Waals surface area contributed by atoms with Crippen LogP contribution in [0.2, 0.25) is 0 Å². The molecule has 2 atom stereocenters. The molecule has 1 fully saturated rings. The number of methoxy groups -OCH3 is 1. The van der Waals surface area contributed by atoms with Gasteiger partial charge in [-0.25, -0.2) is 9.59 Å². The first-order valence-corrected chi connectivity index (χ1v) is 8.47. The van der Waals surface area contributed by atoms with Crippen LogP contribution in [0.1, 0.15) is 44.0 Å². The lowest BCUT2D eigenvalue weighted by molar-refractivity contribution is -0.179. The summed E-state index contributed by atoms with van der Waals surface area (Å²) >= 11 is 0. The lowest BCUT2D eigenvalue weighted by Gasteiger charge is -2.35. The van der Waals surface area contributed by atoms with Crippen LogP contribution in [0.15, 0.2) is 23.9 Å². The van der Waals surface area contributed by atoms with Crippen LogP contribution in [-0.4, -0.2) is 42.6 Å². The van der Waals surface area contributed by atoms with E-state index in [1.165, 1.54) is 19.2 Å². The minimum atomic E-state index is -1.07. The second-order valence-electron chi connectivity index (χ2n) is 7.14. The molecule has 0 amide bonds. The van der Waals surface area contributed by atoms with Gasteiger partial charge in [-0.2, -0.15) is 0 Å². The Labute approximate surface area is 152 Å². The Morgan fingerprint density at radius 3 is 2.69 bits per heavy atom. The summed E-state index contributed by atoms with van der Waals surface area (Å²) in [6.45, 7) is 6.42. The molecule has 7 nitrogen and oxygen atoms in total. The molecule has 7 heteroatoms. The lowest BCUT2D eigenvalue weighted by Crippen LogP contribution is -2.41. The van der Waals surface area contributed by atoms with Gasteiger partial charge in [0.2, 0.25) is 6.29 Å². The zero-order valence-electron chi connectivity index (χ0n) is 15.5. The number of benzene rings is 1. The third-order valence-corrected chi connectivity index (χ3v) is 3.95. The highest BCUT2D eigenvalue weighted by Crippen LogP contribution is 2.31. The van der Waals surface area contributed by atoms with Crippen molar-refractivity contribution in [1.82, 2.24) is 5.32 Å². The van der Waals surface area contributed by atoms with Crippen molar-refractivity contribution in [2.75, 3.05) is 13.7 Å². The molecule has 0 aliphatic carbocycles. The highest BCUT2D eigenvalue weighted by molar-refractivity contribution is 5.91. The second kappa shape index (κ2) is 8.25. The van der Waals surface area contributed by atoms with Crippen LogP contribution < -0.4 is 14.8 Å². The summed E-state index contributed by atoms with van der Waals surface area (Å²) in [6, 6.07) is 4.53. The number of piperidine rings is 1. The average molecular weight is 363 g/mol. The zero-order chi connectivity index (χ0) is 19.3. The van der Waals surface area contributed by atoms with Crippen molar-refractivity contribution in [2.24, 2.45) is 5.92 Å². The van der Waals surface area contributed by atoms with Crippen molar-refractivity contribution in [2.45, 2.75) is 45.5 Å². The van der Waals surface area contributed by atoms with E-state index < -0.39 is 17.9 Å². The number of carboxylic acid groups (broad SMARTS) is 1. The van der Waals surface area contributed by atoms with Crippen LogP contribution in [0.3, 0.4) is 0 Å². The molecule has 1 saturated heterocycles. The van der Waals surface area contributed by atoms with Crippen LogP contribution in [0.25, 0.3) is 0 Å². The zero-order valence-corrected chi connectivity index (χ0v) is 15.5. The van der Waals surface area contributed by atoms with E-state index in [1.54, 1.807) is 6.07 Å². The van der Waals surface area contributed by atoms with E-state index in [4.69, 9.17) is 14.2 Å². The number of hydrogen-bond acceptors (Lipinski definition) is 6. The van der Waals surface area contributed by atoms with Crippen molar-refractivity contribution in [3.05, 3.63) is 29.5 Å². The Bertz CT molecular complexity index is 702. The standard InChI is InChI=1S/C19H25NO6/c1-19(2,3)26-18(12-7-8-20-13(9-12)11-21)25-14-5-6-15(17(22)23)16(10-14)24-4/h5-6,10,12,18,20H,7-9H2,1-4H3,(H,22,23). The van der Waals surface area contributed by atoms with E-state index >= 15 is 0 Å². The number of hydrogen-bond donors (Lipinski definition) is 2. The van der Waals surface area contributed by atoms with Crippen LogP contribution in [0.4, 0.5) is 0 Å². The van der Waals surface area contributed by atoms with Crippen LogP contribution in [-0.2, 0) is 9.53 Å². The fourth-order valence-electron chi connectivity index (χ4n) is 2.78. The molecule has 142 valence electrons. The van der Waals surface area contributed by atoms with Gasteiger partial charge in [-0.15, -0.1) is 0 Å². The van der Waals surface area contributed by atoms with E-state index in [9.17, 15) is 14.7 Å². The molecule has 0 saturated carbocycles. The van der Waals surface area contributed by atoms with E-state index in [-0.39, 0.29) is 17.2 Å². The van der Waals surface area contributed by atoms with Crippen LogP contribution in [0.5, 0.6) is 11.5 Å². The van der Waals surface area contributed by atoms with Gasteiger partial charge in [0.25, 0.3) is 0 Å². The maximum Gasteiger partial charge on any atom is 0.339 e. The van der Waals surface area contributed by atoms with Crippen LogP contribution >= 0.6 is 0 Å². The number of carboxylic acids is 1. The Morgan fingerprint density at radius 2 is 2.12 bits per heavy atom. The molecular weight excluding hydrogens is 338 g/mol. The maximum absolute atomic E-state index is 11.2. The van der Waals surface area contributed by atoms with Gasteiger partial charge in [0.05, 0.1) is 18.4 Å². The Balaban J connectivity index is 2.26. The maximum atomic E-state index is 11.2. The van der Waals surface area contributed by atoms with E-state index in [1.807, 2.05) is 26.7 Å². The fourth-order valence-corrected chi connectivity index (χ4v) is 2.78. The predicted octanol–water partition coefficient (Wildman–Crippen LogP) is 2.63. The summed E-state index contributed by atoms with van der Waals surface area (Å²) in [5, 5.41) is 12.2. The first kappa shape index (κ1) is 19.8. The summed E-state index contributed by atoms with van der Waals surface area (Å²) < 4.78 is 17.3. The molecule has 1 aromatic rings. The number of carbonyl (C=O) groups is 1. The number of nitrogens with one attached hydrogen (secondary N) is 1. The van der Waals surface area contributed by atoms with Gasteiger partial charge in [0.15, 0.2) is 0 Å². The molecule has 0 radical (unpaired) electrons. The summed E-state index contributed by atoms with van der Waals surface area (Å²) in [6.07, 6.45) is 0.658.